The highest BCUT2D eigenvalue weighted by atomic mass is 35.5. The molecule has 1 amide bonds. The maximum Gasteiger partial charge on any atom is 0.247 e. The predicted octanol–water partition coefficient (Wildman–Crippen LogP) is 3.48. The van der Waals surface area contributed by atoms with Crippen LogP contribution in [0, 0.1) is 0 Å². The molecule has 1 aromatic carbocycles. The number of aromatic nitrogens is 2. The lowest BCUT2D eigenvalue weighted by atomic mass is 10.0. The zero-order valence-electron chi connectivity index (χ0n) is 14.6. The van der Waals surface area contributed by atoms with Crippen molar-refractivity contribution in [3.8, 4) is 11.5 Å². The Bertz CT molecular complexity index is 762. The van der Waals surface area contributed by atoms with Crippen LogP contribution in [0.2, 0.25) is 5.02 Å². The van der Waals surface area contributed by atoms with Crippen LogP contribution in [-0.4, -0.2) is 41.4 Å². The average molecular weight is 364 g/mol. The second kappa shape index (κ2) is 7.35. The van der Waals surface area contributed by atoms with E-state index >= 15 is 0 Å². The molecule has 3 rings (SSSR count). The van der Waals surface area contributed by atoms with E-state index in [9.17, 15) is 4.79 Å². The minimum atomic E-state index is -0.412. The topological polar surface area (TPSA) is 56.6 Å². The fourth-order valence-electron chi connectivity index (χ4n) is 3.33. The largest absolute Gasteiger partial charge is 0.497 e. The first-order chi connectivity index (χ1) is 12.0. The number of amides is 1. The van der Waals surface area contributed by atoms with Gasteiger partial charge >= 0.3 is 0 Å². The summed E-state index contributed by atoms with van der Waals surface area (Å²) in [5.74, 6) is 1.54. The summed E-state index contributed by atoms with van der Waals surface area (Å²) in [6.07, 6.45) is 5.05. The Labute approximate surface area is 152 Å². The van der Waals surface area contributed by atoms with Crippen LogP contribution in [-0.2, 0) is 4.79 Å². The zero-order chi connectivity index (χ0) is 18.0. The molecule has 25 heavy (non-hydrogen) atoms. The zero-order valence-corrected chi connectivity index (χ0v) is 15.4. The van der Waals surface area contributed by atoms with Crippen LogP contribution in [0.25, 0.3) is 0 Å². The highest BCUT2D eigenvalue weighted by Gasteiger charge is 2.35. The molecule has 0 radical (unpaired) electrons. The molecular weight excluding hydrogens is 342 g/mol. The van der Waals surface area contributed by atoms with E-state index in [1.165, 1.54) is 6.20 Å². The third-order valence-electron chi connectivity index (χ3n) is 4.66. The monoisotopic (exact) mass is 363 g/mol. The summed E-state index contributed by atoms with van der Waals surface area (Å²) in [6, 6.07) is 5.24. The first-order valence-corrected chi connectivity index (χ1v) is 8.65. The fraction of sp³-hybridized carbons (Fsp3) is 0.444. The van der Waals surface area contributed by atoms with Crippen LogP contribution in [0.3, 0.4) is 0 Å². The van der Waals surface area contributed by atoms with Crippen molar-refractivity contribution in [2.24, 2.45) is 0 Å². The summed E-state index contributed by atoms with van der Waals surface area (Å²) in [5, 5.41) is 4.68. The van der Waals surface area contributed by atoms with E-state index in [0.29, 0.717) is 11.6 Å². The normalized spacial score (nSPS) is 18.2. The highest BCUT2D eigenvalue weighted by molar-refractivity contribution is 6.30. The van der Waals surface area contributed by atoms with Crippen molar-refractivity contribution < 1.29 is 14.3 Å². The minimum absolute atomic E-state index is 0.0205. The average Bonchev–Trinajstić information content (AvgIpc) is 3.28. The van der Waals surface area contributed by atoms with Crippen molar-refractivity contribution in [1.82, 2.24) is 14.7 Å². The molecule has 1 aliphatic heterocycles. The van der Waals surface area contributed by atoms with Gasteiger partial charge in [0.2, 0.25) is 5.91 Å². The Kier molecular flexibility index (Phi) is 5.18. The van der Waals surface area contributed by atoms with E-state index in [1.54, 1.807) is 25.1 Å². The van der Waals surface area contributed by atoms with Gasteiger partial charge < -0.3 is 14.4 Å². The van der Waals surface area contributed by atoms with Crippen molar-refractivity contribution >= 4 is 17.5 Å². The number of methoxy groups -OCH3 is 2. The van der Waals surface area contributed by atoms with Gasteiger partial charge in [0.25, 0.3) is 0 Å². The number of hydrogen-bond donors (Lipinski definition) is 0. The van der Waals surface area contributed by atoms with Crippen LogP contribution in [0.15, 0.2) is 30.6 Å². The molecule has 0 unspecified atom stereocenters. The third kappa shape index (κ3) is 3.44. The van der Waals surface area contributed by atoms with Crippen LogP contribution in [0.4, 0.5) is 0 Å². The molecular formula is C18H22ClN3O3. The molecule has 1 aromatic heterocycles. The number of benzene rings is 1. The van der Waals surface area contributed by atoms with Crippen molar-refractivity contribution in [3.05, 3.63) is 41.2 Å². The molecule has 0 N–H and O–H groups in total. The van der Waals surface area contributed by atoms with E-state index in [4.69, 9.17) is 21.1 Å². The molecule has 134 valence electrons. The molecule has 0 bridgehead atoms. The first-order valence-electron chi connectivity index (χ1n) is 8.27. The summed E-state index contributed by atoms with van der Waals surface area (Å²) in [4.78, 5) is 14.9. The summed E-state index contributed by atoms with van der Waals surface area (Å²) >= 11 is 5.93. The van der Waals surface area contributed by atoms with Gasteiger partial charge in [0, 0.05) is 18.3 Å². The third-order valence-corrected chi connectivity index (χ3v) is 4.85. The highest BCUT2D eigenvalue weighted by Crippen LogP contribution is 2.39. The maximum atomic E-state index is 13.0. The van der Waals surface area contributed by atoms with Gasteiger partial charge in [0.05, 0.1) is 31.5 Å². The smallest absolute Gasteiger partial charge is 0.247 e. The van der Waals surface area contributed by atoms with Gasteiger partial charge in [-0.1, -0.05) is 11.6 Å². The number of likely N-dealkylation sites (tertiary alicyclic amines) is 1. The lowest BCUT2D eigenvalue weighted by molar-refractivity contribution is -0.135. The standard InChI is InChI=1S/C18H22ClN3O3/c1-12(22-11-13(19)10-20-22)18(23)21-8-4-5-16(21)15-9-14(24-2)6-7-17(15)25-3/h6-7,9-12,16H,4-5,8H2,1-3H3/t12-,16+/m0/s1. The molecule has 0 aliphatic carbocycles. The van der Waals surface area contributed by atoms with E-state index in [-0.39, 0.29) is 11.9 Å². The molecule has 1 fully saturated rings. The van der Waals surface area contributed by atoms with Gasteiger partial charge in [-0.3, -0.25) is 9.48 Å². The van der Waals surface area contributed by atoms with Crippen molar-refractivity contribution in [2.75, 3.05) is 20.8 Å². The van der Waals surface area contributed by atoms with Crippen LogP contribution >= 0.6 is 11.6 Å². The SMILES string of the molecule is COc1ccc(OC)c([C@H]2CCCN2C(=O)[C@H](C)n2cc(Cl)cn2)c1. The Morgan fingerprint density at radius 3 is 2.80 bits per heavy atom. The number of nitrogens with zero attached hydrogens (tertiary/aromatic N) is 3. The van der Waals surface area contributed by atoms with Crippen LogP contribution in [0.5, 0.6) is 11.5 Å². The Balaban J connectivity index is 1.89. The Morgan fingerprint density at radius 2 is 2.16 bits per heavy atom. The van der Waals surface area contributed by atoms with Gasteiger partial charge in [0.15, 0.2) is 0 Å². The van der Waals surface area contributed by atoms with Gasteiger partial charge in [-0.25, -0.2) is 0 Å². The van der Waals surface area contributed by atoms with Crippen LogP contribution < -0.4 is 9.47 Å². The van der Waals surface area contributed by atoms with Crippen molar-refractivity contribution in [2.45, 2.75) is 31.8 Å². The fourth-order valence-corrected chi connectivity index (χ4v) is 3.48. The second-order valence-electron chi connectivity index (χ2n) is 6.11. The maximum absolute atomic E-state index is 13.0. The van der Waals surface area contributed by atoms with E-state index in [1.807, 2.05) is 30.0 Å². The number of rotatable bonds is 5. The molecule has 2 aromatic rings. The van der Waals surface area contributed by atoms with Gasteiger partial charge in [-0.05, 0) is 38.0 Å². The number of carbonyl (C=O) groups excluding carboxylic acids is 1. The number of ether oxygens (including phenoxy) is 2. The predicted molar refractivity (Wildman–Crippen MR) is 95.2 cm³/mol. The van der Waals surface area contributed by atoms with E-state index < -0.39 is 6.04 Å². The van der Waals surface area contributed by atoms with Gasteiger partial charge in [0.1, 0.15) is 17.5 Å². The summed E-state index contributed by atoms with van der Waals surface area (Å²) in [5.41, 5.74) is 0.971. The second-order valence-corrected chi connectivity index (χ2v) is 6.55. The van der Waals surface area contributed by atoms with Crippen molar-refractivity contribution in [3.63, 3.8) is 0 Å². The number of carbonyl (C=O) groups is 1. The van der Waals surface area contributed by atoms with Gasteiger partial charge in [-0.2, -0.15) is 5.10 Å². The van der Waals surface area contributed by atoms with Crippen LogP contribution in [0.1, 0.15) is 37.4 Å². The molecule has 0 saturated carbocycles. The quantitative estimate of drug-likeness (QED) is 0.816. The summed E-state index contributed by atoms with van der Waals surface area (Å²) < 4.78 is 12.4. The molecule has 0 spiro atoms. The Hall–Kier alpha value is -2.21. The number of halogens is 1. The minimum Gasteiger partial charge on any atom is -0.497 e. The molecule has 6 nitrogen and oxygen atoms in total. The lowest BCUT2D eigenvalue weighted by Gasteiger charge is -2.29. The number of hydrogen-bond acceptors (Lipinski definition) is 4. The molecule has 2 heterocycles. The first kappa shape index (κ1) is 17.6. The summed E-state index contributed by atoms with van der Waals surface area (Å²) in [6.45, 7) is 2.55. The summed E-state index contributed by atoms with van der Waals surface area (Å²) in [7, 11) is 3.27. The molecule has 2 atom stereocenters. The van der Waals surface area contributed by atoms with E-state index in [2.05, 4.69) is 5.10 Å². The van der Waals surface area contributed by atoms with Crippen molar-refractivity contribution in [1.29, 1.82) is 0 Å². The molecule has 1 aliphatic rings. The van der Waals surface area contributed by atoms with E-state index in [0.717, 1.165) is 29.9 Å². The molecule has 7 heteroatoms. The molecule has 1 saturated heterocycles. The lowest BCUT2D eigenvalue weighted by Crippen LogP contribution is -2.36. The Morgan fingerprint density at radius 1 is 1.36 bits per heavy atom. The van der Waals surface area contributed by atoms with Gasteiger partial charge in [-0.15, -0.1) is 0 Å².